The molecule has 0 aliphatic carbocycles. The smallest absolute Gasteiger partial charge is 0.417 e. The van der Waals surface area contributed by atoms with E-state index in [2.05, 4.69) is 9.98 Å². The SMILES string of the molecule is C/C=C(/C=O)C(=NCC)c1ccccc1C(F)(F)F.O=Cc1cccnc1-c1ccoc1. The second-order valence-corrected chi connectivity index (χ2v) is 6.30. The molecule has 0 N–H and O–H groups in total. The number of alkyl halides is 3. The number of allylic oxidation sites excluding steroid dienone is 2. The van der Waals surface area contributed by atoms with Gasteiger partial charge in [0.1, 0.15) is 0 Å². The van der Waals surface area contributed by atoms with Crippen LogP contribution in [0.4, 0.5) is 13.2 Å². The van der Waals surface area contributed by atoms with Crippen molar-refractivity contribution < 1.29 is 27.2 Å². The zero-order valence-corrected chi connectivity index (χ0v) is 17.5. The van der Waals surface area contributed by atoms with Gasteiger partial charge in [-0.05, 0) is 38.1 Å². The average molecular weight is 442 g/mol. The van der Waals surface area contributed by atoms with Crippen molar-refractivity contribution in [1.82, 2.24) is 4.98 Å². The van der Waals surface area contributed by atoms with Gasteiger partial charge in [-0.1, -0.05) is 24.3 Å². The van der Waals surface area contributed by atoms with Crippen LogP contribution in [0, 0.1) is 0 Å². The first-order valence-corrected chi connectivity index (χ1v) is 9.63. The minimum Gasteiger partial charge on any atom is -0.472 e. The normalized spacial score (nSPS) is 12.0. The highest BCUT2D eigenvalue weighted by Crippen LogP contribution is 2.33. The number of carbonyl (C=O) groups excluding carboxylic acids is 2. The molecule has 32 heavy (non-hydrogen) atoms. The van der Waals surface area contributed by atoms with Crippen LogP contribution in [0.1, 0.15) is 35.3 Å². The van der Waals surface area contributed by atoms with E-state index in [4.69, 9.17) is 4.42 Å². The molecule has 8 heteroatoms. The van der Waals surface area contributed by atoms with Crippen LogP contribution in [0.25, 0.3) is 11.3 Å². The number of rotatable bonds is 6. The zero-order valence-electron chi connectivity index (χ0n) is 17.5. The number of halogens is 3. The topological polar surface area (TPSA) is 72.5 Å². The van der Waals surface area contributed by atoms with E-state index in [1.54, 1.807) is 50.8 Å². The van der Waals surface area contributed by atoms with Gasteiger partial charge in [0.2, 0.25) is 0 Å². The molecule has 3 aromatic rings. The van der Waals surface area contributed by atoms with Crippen molar-refractivity contribution in [3.8, 4) is 11.3 Å². The van der Waals surface area contributed by atoms with E-state index in [1.807, 2.05) is 0 Å². The molecule has 0 atom stereocenters. The molecule has 0 saturated heterocycles. The third-order valence-electron chi connectivity index (χ3n) is 4.28. The standard InChI is InChI=1S/C14H14F3NO.C10H7NO2/c1-3-10(9-19)13(18-4-2)11-7-5-6-8-12(11)14(15,16)17;12-6-8-2-1-4-11-10(8)9-3-5-13-7-9/h3,5-9H,4H2,1-2H3;1-7H/b10-3-,18-13?;. The lowest BCUT2D eigenvalue weighted by molar-refractivity contribution is -0.137. The van der Waals surface area contributed by atoms with Gasteiger partial charge in [0, 0.05) is 35.0 Å². The van der Waals surface area contributed by atoms with Crippen molar-refractivity contribution in [2.24, 2.45) is 4.99 Å². The second kappa shape index (κ2) is 11.5. The third kappa shape index (κ3) is 6.10. The lowest BCUT2D eigenvalue weighted by atomic mass is 9.97. The van der Waals surface area contributed by atoms with Gasteiger partial charge >= 0.3 is 6.18 Å². The van der Waals surface area contributed by atoms with E-state index in [1.165, 1.54) is 24.3 Å². The predicted octanol–water partition coefficient (Wildman–Crippen LogP) is 5.81. The van der Waals surface area contributed by atoms with Crippen LogP contribution in [0.5, 0.6) is 0 Å². The Morgan fingerprint density at radius 3 is 2.44 bits per heavy atom. The Hall–Kier alpha value is -3.81. The Labute approximate surface area is 183 Å². The van der Waals surface area contributed by atoms with Crippen LogP contribution < -0.4 is 0 Å². The number of hydrogen-bond donors (Lipinski definition) is 0. The number of hydrogen-bond acceptors (Lipinski definition) is 5. The van der Waals surface area contributed by atoms with E-state index >= 15 is 0 Å². The van der Waals surface area contributed by atoms with Crippen LogP contribution in [0.2, 0.25) is 0 Å². The Kier molecular flexibility index (Phi) is 8.83. The van der Waals surface area contributed by atoms with Gasteiger partial charge in [0.15, 0.2) is 12.6 Å². The van der Waals surface area contributed by atoms with Crippen molar-refractivity contribution >= 4 is 18.3 Å². The lowest BCUT2D eigenvalue weighted by Crippen LogP contribution is -2.16. The summed E-state index contributed by atoms with van der Waals surface area (Å²) in [6.45, 7) is 3.59. The summed E-state index contributed by atoms with van der Waals surface area (Å²) in [7, 11) is 0. The minimum atomic E-state index is -4.48. The first-order valence-electron chi connectivity index (χ1n) is 9.63. The largest absolute Gasteiger partial charge is 0.472 e. The summed E-state index contributed by atoms with van der Waals surface area (Å²) in [4.78, 5) is 29.7. The Bertz CT molecular complexity index is 1100. The second-order valence-electron chi connectivity index (χ2n) is 6.30. The maximum absolute atomic E-state index is 13.0. The van der Waals surface area contributed by atoms with Gasteiger partial charge < -0.3 is 4.42 Å². The highest BCUT2D eigenvalue weighted by Gasteiger charge is 2.34. The van der Waals surface area contributed by atoms with Crippen molar-refractivity contribution in [3.05, 3.63) is 89.5 Å². The van der Waals surface area contributed by atoms with Crippen molar-refractivity contribution in [3.63, 3.8) is 0 Å². The van der Waals surface area contributed by atoms with Crippen LogP contribution in [0.15, 0.2) is 82.2 Å². The fraction of sp³-hybridized carbons (Fsp3) is 0.167. The van der Waals surface area contributed by atoms with Gasteiger partial charge in [-0.3, -0.25) is 19.6 Å². The maximum atomic E-state index is 13.0. The number of carbonyl (C=O) groups is 2. The monoisotopic (exact) mass is 442 g/mol. The summed E-state index contributed by atoms with van der Waals surface area (Å²) in [6, 6.07) is 10.3. The molecule has 0 aliphatic rings. The molecule has 3 rings (SSSR count). The lowest BCUT2D eigenvalue weighted by Gasteiger charge is -2.14. The molecule has 0 fully saturated rings. The number of benzene rings is 1. The third-order valence-corrected chi connectivity index (χ3v) is 4.28. The molecule has 0 amide bonds. The molecule has 1 aromatic carbocycles. The van der Waals surface area contributed by atoms with E-state index in [9.17, 15) is 22.8 Å². The fourth-order valence-corrected chi connectivity index (χ4v) is 2.84. The average Bonchev–Trinajstić information content (AvgIpc) is 3.34. The quantitative estimate of drug-likeness (QED) is 0.274. The molecule has 0 unspecified atom stereocenters. The summed E-state index contributed by atoms with van der Waals surface area (Å²) in [5.74, 6) is 0. The zero-order chi connectivity index (χ0) is 23.6. The van der Waals surface area contributed by atoms with Crippen LogP contribution in [-0.4, -0.2) is 29.8 Å². The van der Waals surface area contributed by atoms with Gasteiger partial charge in [-0.25, -0.2) is 0 Å². The van der Waals surface area contributed by atoms with Gasteiger partial charge in [0.25, 0.3) is 0 Å². The van der Waals surface area contributed by atoms with E-state index in [-0.39, 0.29) is 16.8 Å². The number of aldehydes is 2. The molecule has 0 aliphatic heterocycles. The van der Waals surface area contributed by atoms with E-state index in [0.717, 1.165) is 17.9 Å². The van der Waals surface area contributed by atoms with Gasteiger partial charge in [0.05, 0.1) is 29.5 Å². The summed E-state index contributed by atoms with van der Waals surface area (Å²) in [6.07, 6.45) is 3.04. The van der Waals surface area contributed by atoms with Crippen molar-refractivity contribution in [1.29, 1.82) is 0 Å². The van der Waals surface area contributed by atoms with Crippen molar-refractivity contribution in [2.45, 2.75) is 20.0 Å². The Morgan fingerprint density at radius 1 is 1.12 bits per heavy atom. The molecule has 2 aromatic heterocycles. The summed E-state index contributed by atoms with van der Waals surface area (Å²) in [5, 5.41) is 0. The van der Waals surface area contributed by atoms with Crippen LogP contribution in [-0.2, 0) is 11.0 Å². The fourth-order valence-electron chi connectivity index (χ4n) is 2.84. The molecule has 5 nitrogen and oxygen atoms in total. The molecule has 2 heterocycles. The first kappa shape index (κ1) is 24.5. The molecule has 0 spiro atoms. The minimum absolute atomic E-state index is 0.0722. The summed E-state index contributed by atoms with van der Waals surface area (Å²) >= 11 is 0. The van der Waals surface area contributed by atoms with Crippen molar-refractivity contribution in [2.75, 3.05) is 6.54 Å². The number of furan rings is 1. The van der Waals surface area contributed by atoms with Gasteiger partial charge in [-0.2, -0.15) is 13.2 Å². The molecule has 0 saturated carbocycles. The molecule has 0 radical (unpaired) electrons. The molecular weight excluding hydrogens is 421 g/mol. The number of pyridine rings is 1. The maximum Gasteiger partial charge on any atom is 0.417 e. The number of aromatic nitrogens is 1. The molecule has 166 valence electrons. The number of aliphatic imine (C=N–C) groups is 1. The predicted molar refractivity (Wildman–Crippen MR) is 116 cm³/mol. The van der Waals surface area contributed by atoms with Crippen LogP contribution in [0.3, 0.4) is 0 Å². The van der Waals surface area contributed by atoms with Gasteiger partial charge in [-0.15, -0.1) is 0 Å². The molecular formula is C24H21F3N2O3. The van der Waals surface area contributed by atoms with E-state index in [0.29, 0.717) is 24.1 Å². The Morgan fingerprint density at radius 2 is 1.88 bits per heavy atom. The van der Waals surface area contributed by atoms with E-state index < -0.39 is 11.7 Å². The van der Waals surface area contributed by atoms with Crippen LogP contribution >= 0.6 is 0 Å². The first-order chi connectivity index (χ1) is 15.4. The highest BCUT2D eigenvalue weighted by molar-refractivity contribution is 6.23. The number of nitrogens with zero attached hydrogens (tertiary/aromatic N) is 2. The highest BCUT2D eigenvalue weighted by atomic mass is 19.4. The molecule has 0 bridgehead atoms. The summed E-state index contributed by atoms with van der Waals surface area (Å²) < 4.78 is 43.8. The Balaban J connectivity index is 0.000000242. The summed E-state index contributed by atoms with van der Waals surface area (Å²) in [5.41, 5.74) is 1.42.